The monoisotopic (exact) mass is 348 g/mol. The fourth-order valence-corrected chi connectivity index (χ4v) is 2.81. The molecule has 1 aliphatic heterocycles. The molecule has 1 aliphatic rings. The van der Waals surface area contributed by atoms with Crippen LogP contribution in [0.4, 0.5) is 4.79 Å². The Morgan fingerprint density at radius 3 is 2.80 bits per heavy atom. The molecule has 2 aromatic heterocycles. The fraction of sp³-hybridized carbons (Fsp3) is 0.588. The van der Waals surface area contributed by atoms with Gasteiger partial charge in [-0.25, -0.2) is 4.79 Å². The molecule has 136 valence electrons. The molecular formula is C17H24N4O4. The smallest absolute Gasteiger partial charge is 0.315 e. The van der Waals surface area contributed by atoms with Crippen LogP contribution in [0.25, 0.3) is 0 Å². The first-order valence-electron chi connectivity index (χ1n) is 8.61. The van der Waals surface area contributed by atoms with Gasteiger partial charge in [-0.3, -0.25) is 0 Å². The van der Waals surface area contributed by atoms with Crippen molar-refractivity contribution in [3.63, 3.8) is 0 Å². The summed E-state index contributed by atoms with van der Waals surface area (Å²) in [5.74, 6) is 2.15. The second-order valence-electron chi connectivity index (χ2n) is 6.48. The van der Waals surface area contributed by atoms with Crippen molar-refractivity contribution in [2.75, 3.05) is 13.2 Å². The molecule has 0 radical (unpaired) electrons. The number of rotatable bonds is 6. The lowest BCUT2D eigenvalue weighted by atomic mass is 9.91. The minimum Gasteiger partial charge on any atom is -0.467 e. The molecule has 2 aromatic rings. The van der Waals surface area contributed by atoms with Crippen molar-refractivity contribution in [2.24, 2.45) is 5.92 Å². The van der Waals surface area contributed by atoms with E-state index in [1.807, 2.05) is 19.9 Å². The normalized spacial score (nSPS) is 16.8. The van der Waals surface area contributed by atoms with Gasteiger partial charge in [0, 0.05) is 19.1 Å². The van der Waals surface area contributed by atoms with Gasteiger partial charge in [-0.15, -0.1) is 0 Å². The van der Waals surface area contributed by atoms with E-state index in [0.717, 1.165) is 12.8 Å². The highest BCUT2D eigenvalue weighted by molar-refractivity contribution is 5.74. The van der Waals surface area contributed by atoms with Crippen molar-refractivity contribution in [2.45, 2.75) is 45.2 Å². The van der Waals surface area contributed by atoms with E-state index in [1.54, 1.807) is 12.3 Å². The van der Waals surface area contributed by atoms with Gasteiger partial charge in [0.05, 0.1) is 12.8 Å². The van der Waals surface area contributed by atoms with Crippen LogP contribution in [-0.4, -0.2) is 29.4 Å². The highest BCUT2D eigenvalue weighted by atomic mass is 16.5. The van der Waals surface area contributed by atoms with Crippen LogP contribution in [0.1, 0.15) is 56.1 Å². The van der Waals surface area contributed by atoms with Gasteiger partial charge in [-0.1, -0.05) is 19.0 Å². The first-order chi connectivity index (χ1) is 12.1. The molecule has 2 amide bonds. The molecule has 1 atom stereocenters. The predicted molar refractivity (Wildman–Crippen MR) is 88.8 cm³/mol. The molecule has 3 rings (SSSR count). The summed E-state index contributed by atoms with van der Waals surface area (Å²) in [5, 5.41) is 9.78. The first kappa shape index (κ1) is 17.5. The zero-order chi connectivity index (χ0) is 17.6. The number of hydrogen-bond donors (Lipinski definition) is 2. The maximum atomic E-state index is 12.3. The summed E-state index contributed by atoms with van der Waals surface area (Å²) in [6, 6.07) is 2.96. The van der Waals surface area contributed by atoms with Crippen LogP contribution in [-0.2, 0) is 11.3 Å². The van der Waals surface area contributed by atoms with E-state index < -0.39 is 0 Å². The predicted octanol–water partition coefficient (Wildman–Crippen LogP) is 2.75. The Hall–Kier alpha value is -2.35. The maximum Gasteiger partial charge on any atom is 0.315 e. The van der Waals surface area contributed by atoms with Crippen molar-refractivity contribution in [1.82, 2.24) is 20.8 Å². The zero-order valence-electron chi connectivity index (χ0n) is 14.5. The van der Waals surface area contributed by atoms with Gasteiger partial charge in [0.15, 0.2) is 5.82 Å². The third kappa shape index (κ3) is 4.60. The molecule has 0 bridgehead atoms. The Morgan fingerprint density at radius 1 is 1.36 bits per heavy atom. The standard InChI is InChI=1S/C17H24N4O4/c1-11(2)15-20-16(25-21-15)14(12-5-8-23-9-6-12)19-17(22)18-10-13-4-3-7-24-13/h3-4,7,11-12,14H,5-6,8-10H2,1-2H3,(H2,18,19,22)/t14-/m0/s1. The van der Waals surface area contributed by atoms with Gasteiger partial charge < -0.3 is 24.3 Å². The van der Waals surface area contributed by atoms with Crippen LogP contribution in [0.5, 0.6) is 0 Å². The minimum atomic E-state index is -0.333. The number of urea groups is 1. The Kier molecular flexibility index (Phi) is 5.70. The molecule has 1 saturated heterocycles. The van der Waals surface area contributed by atoms with Crippen molar-refractivity contribution in [1.29, 1.82) is 0 Å². The molecule has 0 aliphatic carbocycles. The summed E-state index contributed by atoms with van der Waals surface area (Å²) in [7, 11) is 0. The molecule has 1 fully saturated rings. The third-order valence-corrected chi connectivity index (χ3v) is 4.27. The van der Waals surface area contributed by atoms with E-state index in [-0.39, 0.29) is 23.9 Å². The molecule has 0 aromatic carbocycles. The number of nitrogens with zero attached hydrogens (tertiary/aromatic N) is 2. The van der Waals surface area contributed by atoms with Crippen molar-refractivity contribution in [3.8, 4) is 0 Å². The summed E-state index contributed by atoms with van der Waals surface area (Å²) in [6.07, 6.45) is 3.25. The van der Waals surface area contributed by atoms with E-state index in [4.69, 9.17) is 13.7 Å². The average molecular weight is 348 g/mol. The highest BCUT2D eigenvalue weighted by Gasteiger charge is 2.31. The van der Waals surface area contributed by atoms with Crippen LogP contribution >= 0.6 is 0 Å². The molecule has 0 saturated carbocycles. The van der Waals surface area contributed by atoms with E-state index in [2.05, 4.69) is 20.8 Å². The van der Waals surface area contributed by atoms with Crippen molar-refractivity contribution < 1.29 is 18.5 Å². The second kappa shape index (κ2) is 8.15. The summed E-state index contributed by atoms with van der Waals surface area (Å²) in [4.78, 5) is 16.8. The van der Waals surface area contributed by atoms with Gasteiger partial charge in [0.25, 0.3) is 0 Å². The zero-order valence-corrected chi connectivity index (χ0v) is 14.5. The lowest BCUT2D eigenvalue weighted by molar-refractivity contribution is 0.0503. The second-order valence-corrected chi connectivity index (χ2v) is 6.48. The molecule has 8 nitrogen and oxygen atoms in total. The topological polar surface area (TPSA) is 102 Å². The van der Waals surface area contributed by atoms with Gasteiger partial charge in [0.1, 0.15) is 11.8 Å². The Balaban J connectivity index is 1.67. The fourth-order valence-electron chi connectivity index (χ4n) is 2.81. The van der Waals surface area contributed by atoms with Crippen molar-refractivity contribution >= 4 is 6.03 Å². The van der Waals surface area contributed by atoms with Gasteiger partial charge in [-0.05, 0) is 30.9 Å². The van der Waals surface area contributed by atoms with E-state index in [1.165, 1.54) is 0 Å². The SMILES string of the molecule is CC(C)c1noc([C@@H](NC(=O)NCc2ccco2)C2CCOCC2)n1. The summed E-state index contributed by atoms with van der Waals surface area (Å²) >= 11 is 0. The molecule has 25 heavy (non-hydrogen) atoms. The van der Waals surface area contributed by atoms with Gasteiger partial charge >= 0.3 is 6.03 Å². The number of carbonyl (C=O) groups is 1. The molecule has 2 N–H and O–H groups in total. The summed E-state index contributed by atoms with van der Waals surface area (Å²) < 4.78 is 16.1. The number of amides is 2. The van der Waals surface area contributed by atoms with Crippen LogP contribution < -0.4 is 10.6 Å². The van der Waals surface area contributed by atoms with Crippen LogP contribution in [0.2, 0.25) is 0 Å². The van der Waals surface area contributed by atoms with E-state index >= 15 is 0 Å². The minimum absolute atomic E-state index is 0.167. The summed E-state index contributed by atoms with van der Waals surface area (Å²) in [5.41, 5.74) is 0. The Morgan fingerprint density at radius 2 is 2.16 bits per heavy atom. The largest absolute Gasteiger partial charge is 0.467 e. The lowest BCUT2D eigenvalue weighted by Crippen LogP contribution is -2.41. The Labute approximate surface area is 146 Å². The Bertz CT molecular complexity index is 662. The number of aromatic nitrogens is 2. The number of hydrogen-bond acceptors (Lipinski definition) is 6. The number of ether oxygens (including phenoxy) is 1. The number of furan rings is 1. The van der Waals surface area contributed by atoms with E-state index in [9.17, 15) is 4.79 Å². The average Bonchev–Trinajstić information content (AvgIpc) is 3.30. The van der Waals surface area contributed by atoms with Gasteiger partial charge in [0.2, 0.25) is 5.89 Å². The first-order valence-corrected chi connectivity index (χ1v) is 8.61. The summed E-state index contributed by atoms with van der Waals surface area (Å²) in [6.45, 7) is 5.66. The number of nitrogens with one attached hydrogen (secondary N) is 2. The molecule has 8 heteroatoms. The third-order valence-electron chi connectivity index (χ3n) is 4.27. The lowest BCUT2D eigenvalue weighted by Gasteiger charge is -2.28. The van der Waals surface area contributed by atoms with Crippen LogP contribution in [0.15, 0.2) is 27.3 Å². The molecule has 3 heterocycles. The molecule has 0 spiro atoms. The van der Waals surface area contributed by atoms with E-state index in [0.29, 0.717) is 37.2 Å². The molecule has 0 unspecified atom stereocenters. The maximum absolute atomic E-state index is 12.3. The number of carbonyl (C=O) groups excluding carboxylic acids is 1. The quantitative estimate of drug-likeness (QED) is 0.832. The molecular weight excluding hydrogens is 324 g/mol. The van der Waals surface area contributed by atoms with Gasteiger partial charge in [-0.2, -0.15) is 4.98 Å². The van der Waals surface area contributed by atoms with Crippen LogP contribution in [0.3, 0.4) is 0 Å². The highest BCUT2D eigenvalue weighted by Crippen LogP contribution is 2.29. The van der Waals surface area contributed by atoms with Crippen LogP contribution in [0, 0.1) is 5.92 Å². The van der Waals surface area contributed by atoms with Crippen molar-refractivity contribution in [3.05, 3.63) is 35.9 Å².